The van der Waals surface area contributed by atoms with Crippen molar-refractivity contribution in [2.24, 2.45) is 17.8 Å². The molecule has 2 aromatic carbocycles. The van der Waals surface area contributed by atoms with Crippen molar-refractivity contribution >= 4 is 33.2 Å². The topological polar surface area (TPSA) is 101 Å². The first kappa shape index (κ1) is 41.3. The summed E-state index contributed by atoms with van der Waals surface area (Å²) in [6.07, 6.45) is 3.23. The third kappa shape index (κ3) is 9.52. The Kier molecular flexibility index (Phi) is 12.6. The van der Waals surface area contributed by atoms with Crippen LogP contribution in [0.5, 0.6) is 5.75 Å². The molecule has 2 bridgehead atoms. The Hall–Kier alpha value is -2.88. The first-order chi connectivity index (χ1) is 26.7. The summed E-state index contributed by atoms with van der Waals surface area (Å²) >= 11 is 6.38. The van der Waals surface area contributed by atoms with Crippen LogP contribution in [0.1, 0.15) is 67.4 Å². The second kappa shape index (κ2) is 17.1. The molecular formula is C41H54ClF3N4O6S. The number of anilines is 1. The van der Waals surface area contributed by atoms with Gasteiger partial charge in [0.25, 0.3) is 5.91 Å². The van der Waals surface area contributed by atoms with Crippen LogP contribution in [0.4, 0.5) is 18.9 Å². The van der Waals surface area contributed by atoms with Gasteiger partial charge < -0.3 is 19.1 Å². The summed E-state index contributed by atoms with van der Waals surface area (Å²) in [7, 11) is -4.13. The van der Waals surface area contributed by atoms with Crippen molar-refractivity contribution in [2.75, 3.05) is 70.5 Å². The highest BCUT2D eigenvalue weighted by molar-refractivity contribution is 7.90. The first-order valence-corrected chi connectivity index (χ1v) is 21.9. The predicted molar refractivity (Wildman–Crippen MR) is 210 cm³/mol. The van der Waals surface area contributed by atoms with Crippen molar-refractivity contribution in [3.63, 3.8) is 0 Å². The third-order valence-electron chi connectivity index (χ3n) is 12.7. The zero-order valence-corrected chi connectivity index (χ0v) is 33.8. The molecule has 5 aliphatic rings. The second-order valence-corrected chi connectivity index (χ2v) is 18.9. The molecular weight excluding hydrogens is 769 g/mol. The Morgan fingerprint density at radius 2 is 1.86 bits per heavy atom. The number of aryl methyl sites for hydroxylation is 1. The number of carbonyl (C=O) groups excluding carboxylic acids is 1. The van der Waals surface area contributed by atoms with E-state index in [4.69, 9.17) is 25.8 Å². The minimum atomic E-state index is -4.55. The van der Waals surface area contributed by atoms with Crippen molar-refractivity contribution in [3.05, 3.63) is 70.3 Å². The minimum Gasteiger partial charge on any atom is -0.487 e. The number of carbonyl (C=O) groups is 1. The number of morpholine rings is 1. The minimum absolute atomic E-state index is 0.0386. The molecule has 1 aliphatic carbocycles. The van der Waals surface area contributed by atoms with Gasteiger partial charge in [0.1, 0.15) is 24.6 Å². The SMILES string of the molecule is C[C@@H]1[C@@H](C)C/C=C/[C@](CN2CCN3CCOCC3C2)(OCC(F)(F)F)[C@@H]2CC[C@H]2CN2CCCCc3cc(Cl)ccc3COc3ccc(cc32)C(=O)NS1(=O)=O. The highest BCUT2D eigenvalue weighted by atomic mass is 35.5. The Labute approximate surface area is 333 Å². The van der Waals surface area contributed by atoms with Gasteiger partial charge in [-0.1, -0.05) is 36.7 Å². The van der Waals surface area contributed by atoms with E-state index < -0.39 is 45.5 Å². The summed E-state index contributed by atoms with van der Waals surface area (Å²) < 4.78 is 90.5. The summed E-state index contributed by atoms with van der Waals surface area (Å²) in [6.45, 7) is 7.76. The maximum Gasteiger partial charge on any atom is 0.411 e. The lowest BCUT2D eigenvalue weighted by atomic mass is 9.63. The number of nitrogens with one attached hydrogen (secondary N) is 1. The van der Waals surface area contributed by atoms with Crippen molar-refractivity contribution in [2.45, 2.75) is 82.0 Å². The molecule has 3 fully saturated rings. The quantitative estimate of drug-likeness (QED) is 0.349. The van der Waals surface area contributed by atoms with Gasteiger partial charge in [0, 0.05) is 62.4 Å². The van der Waals surface area contributed by atoms with E-state index in [9.17, 15) is 26.4 Å². The fourth-order valence-corrected chi connectivity index (χ4v) is 10.5. The summed E-state index contributed by atoms with van der Waals surface area (Å²) in [4.78, 5) is 20.4. The number of allylic oxidation sites excluding steroid dienone is 1. The molecule has 10 nitrogen and oxygen atoms in total. The average molecular weight is 823 g/mol. The Bertz CT molecular complexity index is 1870. The number of nitrogens with zero attached hydrogens (tertiary/aromatic N) is 3. The van der Waals surface area contributed by atoms with Crippen LogP contribution in [-0.4, -0.2) is 113 Å². The average Bonchev–Trinajstić information content (AvgIpc) is 3.17. The van der Waals surface area contributed by atoms with Crippen LogP contribution in [0, 0.1) is 17.8 Å². The summed E-state index contributed by atoms with van der Waals surface area (Å²) in [5, 5.41) is -0.326. The molecule has 2 aromatic rings. The van der Waals surface area contributed by atoms with Gasteiger partial charge in [-0.3, -0.25) is 14.6 Å². The van der Waals surface area contributed by atoms with Gasteiger partial charge in [-0.25, -0.2) is 13.1 Å². The molecule has 0 radical (unpaired) electrons. The monoisotopic (exact) mass is 822 g/mol. The number of halogens is 4. The summed E-state index contributed by atoms with van der Waals surface area (Å²) in [5.41, 5.74) is 1.61. The van der Waals surface area contributed by atoms with Crippen LogP contribution in [0.25, 0.3) is 0 Å². The van der Waals surface area contributed by atoms with E-state index in [2.05, 4.69) is 19.4 Å². The molecule has 1 amide bonds. The zero-order valence-electron chi connectivity index (χ0n) is 32.2. The number of amides is 1. The number of fused-ring (bicyclic) bond motifs is 4. The number of piperazine rings is 1. The van der Waals surface area contributed by atoms with Crippen LogP contribution in [0.15, 0.2) is 48.6 Å². The van der Waals surface area contributed by atoms with Gasteiger partial charge in [0.2, 0.25) is 10.0 Å². The Balaban J connectivity index is 1.28. The first-order valence-electron chi connectivity index (χ1n) is 20.0. The summed E-state index contributed by atoms with van der Waals surface area (Å²) in [5.74, 6) is -0.958. The predicted octanol–water partition coefficient (Wildman–Crippen LogP) is 6.47. The number of sulfonamides is 1. The Morgan fingerprint density at radius 3 is 2.64 bits per heavy atom. The van der Waals surface area contributed by atoms with Crippen LogP contribution >= 0.6 is 11.6 Å². The molecule has 15 heteroatoms. The Morgan fingerprint density at radius 1 is 1.02 bits per heavy atom. The third-order valence-corrected chi connectivity index (χ3v) is 14.8. The summed E-state index contributed by atoms with van der Waals surface area (Å²) in [6, 6.07) is 10.9. The number of rotatable bonds is 4. The molecule has 1 unspecified atom stereocenters. The molecule has 7 rings (SSSR count). The lowest BCUT2D eigenvalue weighted by Gasteiger charge is -2.53. The second-order valence-electron chi connectivity index (χ2n) is 16.4. The van der Waals surface area contributed by atoms with Crippen LogP contribution in [0.2, 0.25) is 5.02 Å². The van der Waals surface area contributed by atoms with Gasteiger partial charge in [0.15, 0.2) is 0 Å². The zero-order chi connectivity index (χ0) is 39.7. The van der Waals surface area contributed by atoms with E-state index in [1.54, 1.807) is 32.0 Å². The van der Waals surface area contributed by atoms with E-state index >= 15 is 0 Å². The number of benzene rings is 2. The number of hydrogen-bond acceptors (Lipinski definition) is 9. The van der Waals surface area contributed by atoms with Crippen LogP contribution < -0.4 is 14.4 Å². The maximum atomic E-state index is 14.2. The molecule has 1 N–H and O–H groups in total. The van der Waals surface area contributed by atoms with E-state index in [1.165, 1.54) is 0 Å². The van der Waals surface area contributed by atoms with Gasteiger partial charge in [-0.2, -0.15) is 13.2 Å². The highest BCUT2D eigenvalue weighted by Gasteiger charge is 2.51. The number of hydrogen-bond donors (Lipinski definition) is 1. The maximum absolute atomic E-state index is 14.2. The lowest BCUT2D eigenvalue weighted by Crippen LogP contribution is -2.63. The smallest absolute Gasteiger partial charge is 0.411 e. The molecule has 1 saturated carbocycles. The molecule has 308 valence electrons. The molecule has 4 aliphatic heterocycles. The van der Waals surface area contributed by atoms with Crippen LogP contribution in [0.3, 0.4) is 0 Å². The van der Waals surface area contributed by atoms with Gasteiger partial charge in [-0.05, 0) is 105 Å². The van der Waals surface area contributed by atoms with Crippen molar-refractivity contribution in [3.8, 4) is 5.75 Å². The van der Waals surface area contributed by atoms with Crippen molar-refractivity contribution in [1.82, 2.24) is 14.5 Å². The van der Waals surface area contributed by atoms with Gasteiger partial charge in [-0.15, -0.1) is 0 Å². The number of ether oxygens (including phenoxy) is 3. The highest BCUT2D eigenvalue weighted by Crippen LogP contribution is 2.47. The van der Waals surface area contributed by atoms with E-state index in [0.717, 1.165) is 49.9 Å². The molecule has 4 heterocycles. The van der Waals surface area contributed by atoms with Crippen LogP contribution in [-0.2, 0) is 32.5 Å². The van der Waals surface area contributed by atoms with E-state index in [0.29, 0.717) is 62.3 Å². The van der Waals surface area contributed by atoms with Crippen molar-refractivity contribution < 1.29 is 40.6 Å². The lowest BCUT2D eigenvalue weighted by molar-refractivity contribution is -0.219. The largest absolute Gasteiger partial charge is 0.487 e. The normalized spacial score (nSPS) is 31.3. The standard InChI is InChI=1S/C41H54ClF3N4O6S/c1-28-6-5-14-40(55-27-41(43,44)45,26-47-16-17-48-18-19-53-25-35(48)23-47)36-12-9-32(36)22-49-15-4-3-7-30-20-34(42)11-8-33(30)24-54-38-13-10-31(21-37(38)49)39(50)46-56(51,52)29(28)2/h5,8,10-11,13-14,20-21,28-29,32,35-36H,3-4,6-7,9,12,15-19,22-27H2,1-2H3,(H,46,50)/b14-5+/t28-,29+,32-,35?,36+,40+/m0/s1. The van der Waals surface area contributed by atoms with Crippen molar-refractivity contribution in [1.29, 1.82) is 0 Å². The number of alkyl halides is 3. The molecule has 0 aromatic heterocycles. The fraction of sp³-hybridized carbons (Fsp3) is 0.634. The van der Waals surface area contributed by atoms with E-state index in [-0.39, 0.29) is 43.0 Å². The molecule has 56 heavy (non-hydrogen) atoms. The molecule has 2 saturated heterocycles. The fourth-order valence-electron chi connectivity index (χ4n) is 9.07. The van der Waals surface area contributed by atoms with Gasteiger partial charge in [0.05, 0.1) is 24.2 Å². The molecule has 0 spiro atoms. The van der Waals surface area contributed by atoms with Gasteiger partial charge >= 0.3 is 6.18 Å². The molecule has 6 atom stereocenters. The van der Waals surface area contributed by atoms with E-state index in [1.807, 2.05) is 30.4 Å².